The summed E-state index contributed by atoms with van der Waals surface area (Å²) in [7, 11) is 0. The van der Waals surface area contributed by atoms with E-state index in [1.165, 1.54) is 11.1 Å². The zero-order valence-corrected chi connectivity index (χ0v) is 13.3. The minimum atomic E-state index is 0. The van der Waals surface area contributed by atoms with Crippen LogP contribution < -0.4 is 0 Å². The Labute approximate surface area is 107 Å². The van der Waals surface area contributed by atoms with Crippen LogP contribution in [0, 0.1) is 6.07 Å². The third-order valence-corrected chi connectivity index (χ3v) is 2.17. The fraction of sp³-hybridized carbons (Fsp3) is 0.500. The fourth-order valence-electron chi connectivity index (χ4n) is 1.18. The van der Waals surface area contributed by atoms with Crippen LogP contribution in [0.3, 0.4) is 0 Å². The van der Waals surface area contributed by atoms with Crippen LogP contribution in [0.1, 0.15) is 50.7 Å². The van der Waals surface area contributed by atoms with Crippen LogP contribution in [-0.4, -0.2) is 0 Å². The Balaban J connectivity index is 0. The molecule has 1 rings (SSSR count). The van der Waals surface area contributed by atoms with Crippen molar-refractivity contribution in [3.8, 4) is 0 Å². The Morgan fingerprint density at radius 2 is 1.29 bits per heavy atom. The van der Waals surface area contributed by atoms with Gasteiger partial charge in [-0.3, -0.25) is 0 Å². The van der Waals surface area contributed by atoms with Crippen molar-refractivity contribution >= 4 is 12.4 Å². The SMILES string of the molecule is CC(C)c1c[c-]cc(C(C)C)c1.Cl.[Zn]. The van der Waals surface area contributed by atoms with Gasteiger partial charge in [0.25, 0.3) is 0 Å². The van der Waals surface area contributed by atoms with Gasteiger partial charge in [-0.2, -0.15) is 35.4 Å². The van der Waals surface area contributed by atoms with E-state index in [0.717, 1.165) is 0 Å². The first kappa shape index (κ1) is 16.6. The third kappa shape index (κ3) is 4.57. The molecule has 0 fully saturated rings. The van der Waals surface area contributed by atoms with E-state index in [9.17, 15) is 0 Å². The summed E-state index contributed by atoms with van der Waals surface area (Å²) in [6, 6.07) is 9.64. The van der Waals surface area contributed by atoms with Crippen molar-refractivity contribution in [2.45, 2.75) is 39.5 Å². The molecular weight excluding hydrogens is 245 g/mol. The Kier molecular flexibility index (Phi) is 8.79. The summed E-state index contributed by atoms with van der Waals surface area (Å²) in [4.78, 5) is 0. The summed E-state index contributed by atoms with van der Waals surface area (Å²) < 4.78 is 0. The van der Waals surface area contributed by atoms with Gasteiger partial charge in [-0.1, -0.05) is 39.5 Å². The van der Waals surface area contributed by atoms with Crippen molar-refractivity contribution in [3.05, 3.63) is 35.4 Å². The molecule has 2 heteroatoms. The van der Waals surface area contributed by atoms with Crippen LogP contribution in [0.5, 0.6) is 0 Å². The summed E-state index contributed by atoms with van der Waals surface area (Å²) in [5.74, 6) is 1.22. The molecule has 0 heterocycles. The Bertz CT molecular complexity index is 233. The van der Waals surface area contributed by atoms with Gasteiger partial charge in [0, 0.05) is 19.5 Å². The Morgan fingerprint density at radius 1 is 0.929 bits per heavy atom. The predicted molar refractivity (Wildman–Crippen MR) is 60.7 cm³/mol. The van der Waals surface area contributed by atoms with E-state index in [0.29, 0.717) is 11.8 Å². The number of halogens is 1. The first-order chi connectivity index (χ1) is 5.61. The molecule has 0 nitrogen and oxygen atoms in total. The van der Waals surface area contributed by atoms with Crippen molar-refractivity contribution in [1.82, 2.24) is 0 Å². The minimum Gasteiger partial charge on any atom is -0.183 e. The molecule has 0 aromatic heterocycles. The monoisotopic (exact) mass is 261 g/mol. The van der Waals surface area contributed by atoms with E-state index in [1.54, 1.807) is 0 Å². The van der Waals surface area contributed by atoms with Crippen molar-refractivity contribution in [3.63, 3.8) is 0 Å². The molecule has 76 valence electrons. The average Bonchev–Trinajstić information content (AvgIpc) is 2.04. The van der Waals surface area contributed by atoms with Crippen molar-refractivity contribution in [2.24, 2.45) is 0 Å². The van der Waals surface area contributed by atoms with E-state index in [2.05, 4.69) is 52.0 Å². The van der Waals surface area contributed by atoms with E-state index in [4.69, 9.17) is 0 Å². The summed E-state index contributed by atoms with van der Waals surface area (Å²) in [6.07, 6.45) is 0. The van der Waals surface area contributed by atoms with Gasteiger partial charge < -0.3 is 0 Å². The molecule has 0 bridgehead atoms. The molecule has 14 heavy (non-hydrogen) atoms. The molecule has 1 aromatic rings. The first-order valence-electron chi connectivity index (χ1n) is 4.62. The standard InChI is InChI=1S/C12H17.ClH.Zn/c1-9(2)11-6-5-7-12(8-11)10(3)4;;/h6-10H,1-4H3;1H;/q-1;;. The Morgan fingerprint density at radius 3 is 1.57 bits per heavy atom. The summed E-state index contributed by atoms with van der Waals surface area (Å²) in [5.41, 5.74) is 2.78. The van der Waals surface area contributed by atoms with E-state index in [-0.39, 0.29) is 31.9 Å². The predicted octanol–water partition coefficient (Wildman–Crippen LogP) is 4.15. The maximum absolute atomic E-state index is 3.19. The normalized spacial score (nSPS) is 9.57. The van der Waals surface area contributed by atoms with Crippen LogP contribution in [0.15, 0.2) is 18.2 Å². The molecule has 0 saturated heterocycles. The van der Waals surface area contributed by atoms with Crippen LogP contribution in [-0.2, 0) is 19.5 Å². The summed E-state index contributed by atoms with van der Waals surface area (Å²) >= 11 is 0. The molecule has 1 aromatic carbocycles. The van der Waals surface area contributed by atoms with E-state index < -0.39 is 0 Å². The second kappa shape index (κ2) is 7.43. The third-order valence-electron chi connectivity index (χ3n) is 2.17. The second-order valence-electron chi connectivity index (χ2n) is 3.91. The van der Waals surface area contributed by atoms with Crippen LogP contribution >= 0.6 is 12.4 Å². The Hall–Kier alpha value is 0.133. The molecule has 0 spiro atoms. The number of hydrogen-bond acceptors (Lipinski definition) is 0. The summed E-state index contributed by atoms with van der Waals surface area (Å²) in [5, 5.41) is 0. The molecule has 0 aliphatic heterocycles. The maximum atomic E-state index is 3.19. The van der Waals surface area contributed by atoms with Gasteiger partial charge in [-0.25, -0.2) is 0 Å². The van der Waals surface area contributed by atoms with Crippen LogP contribution in [0.2, 0.25) is 0 Å². The number of benzene rings is 1. The molecule has 0 aliphatic rings. The second-order valence-corrected chi connectivity index (χ2v) is 3.91. The number of rotatable bonds is 2. The average molecular weight is 263 g/mol. The van der Waals surface area contributed by atoms with Gasteiger partial charge >= 0.3 is 0 Å². The molecule has 0 atom stereocenters. The molecule has 0 unspecified atom stereocenters. The molecule has 0 saturated carbocycles. The van der Waals surface area contributed by atoms with Crippen molar-refractivity contribution in [1.29, 1.82) is 0 Å². The van der Waals surface area contributed by atoms with Gasteiger partial charge in [-0.05, 0) is 0 Å². The maximum Gasteiger partial charge on any atom is 0 e. The van der Waals surface area contributed by atoms with Crippen molar-refractivity contribution < 1.29 is 19.5 Å². The topological polar surface area (TPSA) is 0 Å². The minimum absolute atomic E-state index is 0. The van der Waals surface area contributed by atoms with Crippen LogP contribution in [0.4, 0.5) is 0 Å². The zero-order valence-electron chi connectivity index (χ0n) is 9.50. The molecule has 0 amide bonds. The fourth-order valence-corrected chi connectivity index (χ4v) is 1.18. The first-order valence-corrected chi connectivity index (χ1v) is 4.62. The zero-order chi connectivity index (χ0) is 9.14. The van der Waals surface area contributed by atoms with E-state index >= 15 is 0 Å². The number of hydrogen-bond donors (Lipinski definition) is 0. The smallest absolute Gasteiger partial charge is 0 e. The molecule has 0 aliphatic carbocycles. The van der Waals surface area contributed by atoms with Gasteiger partial charge in [0.2, 0.25) is 0 Å². The molecule has 0 radical (unpaired) electrons. The van der Waals surface area contributed by atoms with Gasteiger partial charge in [0.1, 0.15) is 0 Å². The van der Waals surface area contributed by atoms with Gasteiger partial charge in [0.05, 0.1) is 0 Å². The quantitative estimate of drug-likeness (QED) is 0.555. The van der Waals surface area contributed by atoms with Crippen molar-refractivity contribution in [2.75, 3.05) is 0 Å². The van der Waals surface area contributed by atoms with Gasteiger partial charge in [0.15, 0.2) is 0 Å². The molecule has 0 N–H and O–H groups in total. The summed E-state index contributed by atoms with van der Waals surface area (Å²) in [6.45, 7) is 8.86. The van der Waals surface area contributed by atoms with E-state index in [1.807, 2.05) is 0 Å². The van der Waals surface area contributed by atoms with Gasteiger partial charge in [-0.15, -0.1) is 12.4 Å². The molecular formula is C12H18ClZn-. The largest absolute Gasteiger partial charge is 0.183 e. The van der Waals surface area contributed by atoms with Crippen LogP contribution in [0.25, 0.3) is 0 Å².